The van der Waals surface area contributed by atoms with Crippen LogP contribution in [0.15, 0.2) is 21.5 Å². The summed E-state index contributed by atoms with van der Waals surface area (Å²) in [5.41, 5.74) is 0. The number of rotatable bonds is 11. The van der Waals surface area contributed by atoms with E-state index in [-0.39, 0.29) is 0 Å². The molecule has 3 unspecified atom stereocenters. The van der Waals surface area contributed by atoms with Crippen LogP contribution in [-0.4, -0.2) is 27.6 Å². The quantitative estimate of drug-likeness (QED) is 0.346. The van der Waals surface area contributed by atoms with Gasteiger partial charge in [0.1, 0.15) is 0 Å². The summed E-state index contributed by atoms with van der Waals surface area (Å²) in [6.07, 6.45) is 11.7. The van der Waals surface area contributed by atoms with Crippen LogP contribution in [0.2, 0.25) is 17.3 Å². The maximum atomic E-state index is 4.37. The number of allylic oxidation sites excluding steroid dienone is 4. The van der Waals surface area contributed by atoms with Crippen molar-refractivity contribution in [2.24, 2.45) is 0 Å². The van der Waals surface area contributed by atoms with Crippen LogP contribution in [0.5, 0.6) is 0 Å². The van der Waals surface area contributed by atoms with E-state index < -0.39 is 26.6 Å². The molecule has 0 saturated carbocycles. The van der Waals surface area contributed by atoms with Gasteiger partial charge < -0.3 is 0 Å². The van der Waals surface area contributed by atoms with Crippen LogP contribution >= 0.6 is 0 Å². The molecule has 1 rings (SSSR count). The second-order valence-corrected chi connectivity index (χ2v) is 60.0. The average molecular weight is 490 g/mol. The molecule has 0 amide bonds. The van der Waals surface area contributed by atoms with Crippen molar-refractivity contribution in [3.63, 3.8) is 0 Å². The summed E-state index contributed by atoms with van der Waals surface area (Å²) >= 11 is -3.83. The van der Waals surface area contributed by atoms with Gasteiger partial charge in [-0.25, -0.2) is 0 Å². The molecular weight excluding hydrogens is 446 g/mol. The van der Waals surface area contributed by atoms with Crippen molar-refractivity contribution in [3.05, 3.63) is 21.5 Å². The third-order valence-electron chi connectivity index (χ3n) is 6.36. The van der Waals surface area contributed by atoms with Gasteiger partial charge in [-0.3, -0.25) is 0 Å². The summed E-state index contributed by atoms with van der Waals surface area (Å²) in [7, 11) is -2.24. The molecule has 25 heavy (non-hydrogen) atoms. The molecule has 3 atom stereocenters. The molecule has 1 aliphatic rings. The number of hydrogen-bond acceptors (Lipinski definition) is 3. The minimum atomic E-state index is -3.83. The summed E-state index contributed by atoms with van der Waals surface area (Å²) < 4.78 is 14.8. The molecule has 5 heteroatoms. The molecule has 0 aliphatic heterocycles. The van der Waals surface area contributed by atoms with Crippen molar-refractivity contribution in [3.8, 4) is 0 Å². The van der Waals surface area contributed by atoms with Gasteiger partial charge in [0.2, 0.25) is 0 Å². The molecule has 0 aromatic heterocycles. The van der Waals surface area contributed by atoms with Gasteiger partial charge in [-0.2, -0.15) is 0 Å². The normalized spacial score (nSPS) is 20.7. The van der Waals surface area contributed by atoms with Gasteiger partial charge in [0.15, 0.2) is 0 Å². The summed E-state index contributed by atoms with van der Waals surface area (Å²) in [6.45, 7) is 14.1. The standard InChI is InChI=1S/C5H5.3C4H10N.C3H9Ge.Zr/c1-2-4-5-3-1;3*1-3-4(2)5;1-4(2)3;/h1-3H,4H2;3*4-5H,3H2,1-2H3;1-3H3;/q;3*-1;;+3. The molecule has 0 radical (unpaired) electrons. The van der Waals surface area contributed by atoms with E-state index in [9.17, 15) is 0 Å². The van der Waals surface area contributed by atoms with E-state index in [0.717, 1.165) is 6.42 Å². The van der Waals surface area contributed by atoms with Crippen LogP contribution in [0.1, 0.15) is 67.2 Å². The van der Waals surface area contributed by atoms with Crippen molar-refractivity contribution >= 4 is 9.48 Å². The Balaban J connectivity index is 3.69. The summed E-state index contributed by atoms with van der Waals surface area (Å²) in [4.78, 5) is 0. The molecule has 0 aromatic carbocycles. The first-order valence-corrected chi connectivity index (χ1v) is 29.1. The molecule has 0 fully saturated rings. The van der Waals surface area contributed by atoms with Gasteiger partial charge in [-0.15, -0.1) is 0 Å². The fraction of sp³-hybridized carbons (Fsp3) is 0.800. The Morgan fingerprint density at radius 1 is 0.880 bits per heavy atom. The van der Waals surface area contributed by atoms with Crippen LogP contribution < -0.4 is 9.78 Å². The Morgan fingerprint density at radius 3 is 1.52 bits per heavy atom. The van der Waals surface area contributed by atoms with E-state index >= 15 is 0 Å². The Labute approximate surface area is 159 Å². The van der Waals surface area contributed by atoms with Crippen molar-refractivity contribution < 1.29 is 17.1 Å². The summed E-state index contributed by atoms with van der Waals surface area (Å²) in [6, 6.07) is 1.60. The third kappa shape index (κ3) is 4.80. The van der Waals surface area contributed by atoms with Gasteiger partial charge in [-0.05, 0) is 0 Å². The SMILES string of the molecule is CCC(C)[NH][Zr]([NH]C(C)CC)([NH]C(C)CC)([C]1=CC=CC1)[Ge]([CH3])([CH3])[CH3]. The van der Waals surface area contributed by atoms with Crippen molar-refractivity contribution in [2.45, 2.75) is 103 Å². The fourth-order valence-electron chi connectivity index (χ4n) is 4.14. The molecule has 0 saturated heterocycles. The van der Waals surface area contributed by atoms with E-state index in [1.165, 1.54) is 19.3 Å². The number of hydrogen-bond donors (Lipinski definition) is 3. The number of nitrogens with one attached hydrogen (secondary N) is 3. The van der Waals surface area contributed by atoms with Gasteiger partial charge >= 0.3 is 161 Å². The molecule has 3 nitrogen and oxygen atoms in total. The summed E-state index contributed by atoms with van der Waals surface area (Å²) in [5.74, 6) is 7.89. The zero-order valence-electron chi connectivity index (χ0n) is 18.3. The Morgan fingerprint density at radius 2 is 1.28 bits per heavy atom. The molecule has 0 heterocycles. The van der Waals surface area contributed by atoms with Crippen molar-refractivity contribution in [1.82, 2.24) is 9.78 Å². The van der Waals surface area contributed by atoms with E-state index in [1.54, 1.807) is 3.28 Å². The van der Waals surface area contributed by atoms with E-state index in [4.69, 9.17) is 0 Å². The molecule has 3 N–H and O–H groups in total. The zero-order chi connectivity index (χ0) is 19.3. The van der Waals surface area contributed by atoms with Crippen LogP contribution in [0.25, 0.3) is 0 Å². The first kappa shape index (κ1) is 23.8. The topological polar surface area (TPSA) is 36.1 Å². The van der Waals surface area contributed by atoms with Gasteiger partial charge in [0, 0.05) is 0 Å². The van der Waals surface area contributed by atoms with Crippen molar-refractivity contribution in [1.29, 1.82) is 0 Å². The van der Waals surface area contributed by atoms with Gasteiger partial charge in [0.05, 0.1) is 0 Å². The van der Waals surface area contributed by atoms with Crippen molar-refractivity contribution in [2.75, 3.05) is 0 Å². The second-order valence-electron chi connectivity index (χ2n) is 9.19. The first-order valence-electron chi connectivity index (χ1n) is 10.4. The molecule has 0 spiro atoms. The van der Waals surface area contributed by atoms with E-state index in [0.29, 0.717) is 18.1 Å². The maximum absolute atomic E-state index is 4.37. The van der Waals surface area contributed by atoms with E-state index in [2.05, 4.69) is 86.8 Å². The van der Waals surface area contributed by atoms with Gasteiger partial charge in [-0.1, -0.05) is 0 Å². The Hall–Kier alpha value is 0.786. The third-order valence-corrected chi connectivity index (χ3v) is 72.3. The van der Waals surface area contributed by atoms with Crippen LogP contribution in [0, 0.1) is 0 Å². The minimum absolute atomic E-state index is 0.533. The van der Waals surface area contributed by atoms with Crippen LogP contribution in [0.4, 0.5) is 0 Å². The van der Waals surface area contributed by atoms with E-state index in [1.807, 2.05) is 0 Å². The Kier molecular flexibility index (Phi) is 8.88. The predicted molar refractivity (Wildman–Crippen MR) is 114 cm³/mol. The monoisotopic (exact) mass is 490 g/mol. The van der Waals surface area contributed by atoms with Crippen LogP contribution in [0.3, 0.4) is 0 Å². The molecule has 1 aliphatic carbocycles. The molecule has 0 bridgehead atoms. The second kappa shape index (κ2) is 9.32. The summed E-state index contributed by atoms with van der Waals surface area (Å²) in [5, 5.41) is 0. The first-order chi connectivity index (χ1) is 11.5. The zero-order valence-corrected chi connectivity index (χ0v) is 22.8. The molecule has 0 aromatic rings. The molecular formula is C20H44GeN3Zr. The van der Waals surface area contributed by atoms with Gasteiger partial charge in [0.25, 0.3) is 0 Å². The molecule has 147 valence electrons. The fourth-order valence-corrected chi connectivity index (χ4v) is 62.4. The predicted octanol–water partition coefficient (Wildman–Crippen LogP) is 5.26. The Bertz CT molecular complexity index is 462. The van der Waals surface area contributed by atoms with Crippen LogP contribution in [-0.2, 0) is 17.1 Å². The average Bonchev–Trinajstić information content (AvgIpc) is 3.08.